The molecule has 4 aliphatic heterocycles. The molecule has 11 heteroatoms. The topological polar surface area (TPSA) is 125 Å². The summed E-state index contributed by atoms with van der Waals surface area (Å²) < 4.78 is 12.9. The molecule has 9 atom stereocenters. The number of amides is 3. The van der Waals surface area contributed by atoms with Gasteiger partial charge in [-0.25, -0.2) is 0 Å². The van der Waals surface area contributed by atoms with Crippen LogP contribution in [0.2, 0.25) is 0 Å². The van der Waals surface area contributed by atoms with Crippen LogP contribution >= 0.6 is 15.9 Å². The van der Waals surface area contributed by atoms with Gasteiger partial charge in [-0.05, 0) is 37.3 Å². The highest BCUT2D eigenvalue weighted by Gasteiger charge is 2.75. The van der Waals surface area contributed by atoms with Gasteiger partial charge in [0.25, 0.3) is 0 Å². The fraction of sp³-hybridized carbons (Fsp3) is 0.600. The number of aliphatic hydroxyl groups is 1. The predicted octanol–water partition coefficient (Wildman–Crippen LogP) is 4.03. The number of benzene rings is 1. The molecule has 2 saturated heterocycles. The highest BCUT2D eigenvalue weighted by molar-refractivity contribution is 9.11. The normalized spacial score (nSPS) is 32.8. The zero-order chi connectivity index (χ0) is 33.2. The van der Waals surface area contributed by atoms with E-state index in [9.17, 15) is 24.3 Å². The number of hydrogen-bond acceptors (Lipinski definition) is 7. The first-order valence-electron chi connectivity index (χ1n) is 16.5. The van der Waals surface area contributed by atoms with Crippen molar-refractivity contribution in [1.29, 1.82) is 0 Å². The molecule has 10 nitrogen and oxygen atoms in total. The van der Waals surface area contributed by atoms with Gasteiger partial charge < -0.3 is 29.7 Å². The van der Waals surface area contributed by atoms with Crippen molar-refractivity contribution in [3.05, 3.63) is 58.6 Å². The zero-order valence-corrected chi connectivity index (χ0v) is 28.6. The average molecular weight is 701 g/mol. The summed E-state index contributed by atoms with van der Waals surface area (Å²) >= 11 is 3.62. The number of likely N-dealkylation sites (tertiary alicyclic amines) is 1. The van der Waals surface area contributed by atoms with Crippen LogP contribution in [-0.4, -0.2) is 88.2 Å². The third-order valence-electron chi connectivity index (χ3n) is 10.2. The lowest BCUT2D eigenvalue weighted by Gasteiger charge is -2.41. The maximum Gasteiger partial charge on any atom is 0.306 e. The zero-order valence-electron chi connectivity index (χ0n) is 27.1. The number of ether oxygens (including phenoxy) is 2. The first-order valence-corrected chi connectivity index (χ1v) is 17.3. The van der Waals surface area contributed by atoms with Gasteiger partial charge in [-0.2, -0.15) is 0 Å². The Balaban J connectivity index is 1.64. The van der Waals surface area contributed by atoms with Gasteiger partial charge in [0.2, 0.25) is 17.7 Å². The summed E-state index contributed by atoms with van der Waals surface area (Å²) in [5.41, 5.74) is -0.656. The molecule has 1 spiro atoms. The lowest BCUT2D eigenvalue weighted by atomic mass is 9.74. The predicted molar refractivity (Wildman–Crippen MR) is 175 cm³/mol. The number of fused-ring (bicyclic) bond motifs is 2. The lowest BCUT2D eigenvalue weighted by molar-refractivity contribution is -0.153. The second-order valence-corrected chi connectivity index (χ2v) is 13.9. The third-order valence-corrected chi connectivity index (χ3v) is 10.9. The molecule has 3 amide bonds. The van der Waals surface area contributed by atoms with Crippen molar-refractivity contribution in [2.24, 2.45) is 17.8 Å². The molecule has 46 heavy (non-hydrogen) atoms. The number of carbonyl (C=O) groups excluding carboxylic acids is 4. The van der Waals surface area contributed by atoms with Crippen molar-refractivity contribution in [1.82, 2.24) is 15.1 Å². The maximum atomic E-state index is 14.9. The quantitative estimate of drug-likeness (QED) is 0.310. The van der Waals surface area contributed by atoms with E-state index in [-0.39, 0.29) is 50.0 Å². The van der Waals surface area contributed by atoms with Crippen LogP contribution in [0.25, 0.3) is 0 Å². The molecule has 0 saturated carbocycles. The highest BCUT2D eigenvalue weighted by Crippen LogP contribution is 2.59. The number of aliphatic hydroxyl groups excluding tert-OH is 1. The molecule has 5 bridgehead atoms. The van der Waals surface area contributed by atoms with Crippen molar-refractivity contribution >= 4 is 39.6 Å². The van der Waals surface area contributed by atoms with Crippen molar-refractivity contribution < 1.29 is 33.8 Å². The van der Waals surface area contributed by atoms with Crippen molar-refractivity contribution in [3.63, 3.8) is 0 Å². The average Bonchev–Trinajstić information content (AvgIpc) is 3.64. The Morgan fingerprint density at radius 2 is 1.83 bits per heavy atom. The SMILES string of the molecule is CCCC(C)N1C/C=C\CCC(=O)OC[C@@H](c2ccccc2)NC(=O)[C@@H]2[C@H]3O[C@@]4(C=C3Br)[C@H](C1=O)N([C@@H](CO)[C@@H](C)CC)C(=O)[C@@H]24. The summed E-state index contributed by atoms with van der Waals surface area (Å²) in [4.78, 5) is 59.9. The van der Waals surface area contributed by atoms with E-state index in [4.69, 9.17) is 9.47 Å². The van der Waals surface area contributed by atoms with Crippen LogP contribution in [0.1, 0.15) is 71.4 Å². The smallest absolute Gasteiger partial charge is 0.306 e. The minimum absolute atomic E-state index is 0.0759. The molecule has 0 aromatic heterocycles. The molecule has 4 aliphatic rings. The van der Waals surface area contributed by atoms with E-state index in [0.717, 1.165) is 18.4 Å². The first kappa shape index (κ1) is 34.3. The van der Waals surface area contributed by atoms with E-state index in [2.05, 4.69) is 28.2 Å². The Morgan fingerprint density at radius 1 is 1.09 bits per heavy atom. The second kappa shape index (κ2) is 14.4. The fourth-order valence-electron chi connectivity index (χ4n) is 7.55. The number of nitrogens with one attached hydrogen (secondary N) is 1. The van der Waals surface area contributed by atoms with Gasteiger partial charge >= 0.3 is 5.97 Å². The summed E-state index contributed by atoms with van der Waals surface area (Å²) in [6.07, 6.45) is 7.63. The van der Waals surface area contributed by atoms with E-state index in [1.807, 2.05) is 63.3 Å². The van der Waals surface area contributed by atoms with Crippen LogP contribution in [0.3, 0.4) is 0 Å². The van der Waals surface area contributed by atoms with Gasteiger partial charge in [0.15, 0.2) is 0 Å². The number of allylic oxidation sites excluding steroid dienone is 1. The number of carbonyl (C=O) groups is 4. The number of halogens is 1. The van der Waals surface area contributed by atoms with Gasteiger partial charge in [0.1, 0.15) is 24.4 Å². The maximum absolute atomic E-state index is 14.9. The minimum Gasteiger partial charge on any atom is -0.463 e. The standard InChI is InChI=1S/C35H46BrN3O7/c1-5-13-22(4)38-17-12-8-11-16-27(41)45-20-25(23-14-9-7-10-15-23)37-32(42)28-29-33(43)39(26(19-40)21(3)6-2)31(34(38)44)35(29)18-24(36)30(28)46-35/h7-10,12,14-15,18,21-22,25-26,28-31,40H,5-6,11,13,16-17,19-20H2,1-4H3,(H,37,42)/b12-8-/t21-,22?,25-,26-,28-,29+,30-,31-,35+/m0/s1. The van der Waals surface area contributed by atoms with Crippen LogP contribution in [0.15, 0.2) is 53.0 Å². The monoisotopic (exact) mass is 699 g/mol. The first-order chi connectivity index (χ1) is 22.1. The van der Waals surface area contributed by atoms with Crippen LogP contribution < -0.4 is 5.32 Å². The van der Waals surface area contributed by atoms with E-state index >= 15 is 0 Å². The number of hydrogen-bond donors (Lipinski definition) is 2. The lowest BCUT2D eigenvalue weighted by Crippen LogP contribution is -2.60. The number of cyclic esters (lactones) is 1. The van der Waals surface area contributed by atoms with Crippen molar-refractivity contribution in [2.75, 3.05) is 19.8 Å². The Morgan fingerprint density at radius 3 is 2.50 bits per heavy atom. The van der Waals surface area contributed by atoms with Crippen molar-refractivity contribution in [2.45, 2.75) is 95.7 Å². The summed E-state index contributed by atoms with van der Waals surface area (Å²) in [6.45, 7) is 7.86. The minimum atomic E-state index is -1.41. The molecule has 1 unspecified atom stereocenters. The van der Waals surface area contributed by atoms with E-state index in [1.54, 1.807) is 11.0 Å². The summed E-state index contributed by atoms with van der Waals surface area (Å²) in [6, 6.07) is 6.69. The number of esters is 1. The van der Waals surface area contributed by atoms with Crippen LogP contribution in [-0.2, 0) is 28.7 Å². The van der Waals surface area contributed by atoms with E-state index in [1.165, 1.54) is 4.90 Å². The molecular formula is C35H46BrN3O7. The van der Waals surface area contributed by atoms with Crippen LogP contribution in [0.5, 0.6) is 0 Å². The van der Waals surface area contributed by atoms with Gasteiger partial charge in [-0.15, -0.1) is 0 Å². The molecule has 2 fully saturated rings. The Labute approximate surface area is 279 Å². The number of rotatable bonds is 8. The van der Waals surface area contributed by atoms with E-state index in [0.29, 0.717) is 17.3 Å². The van der Waals surface area contributed by atoms with Gasteiger partial charge in [0.05, 0.1) is 30.5 Å². The molecule has 1 aromatic carbocycles. The second-order valence-electron chi connectivity index (χ2n) is 13.0. The van der Waals surface area contributed by atoms with Gasteiger partial charge in [0, 0.05) is 23.5 Å². The molecule has 1 aromatic rings. The third kappa shape index (κ3) is 6.18. The van der Waals surface area contributed by atoms with Gasteiger partial charge in [-0.1, -0.05) is 92.0 Å². The number of nitrogens with zero attached hydrogens (tertiary/aromatic N) is 2. The molecule has 0 aliphatic carbocycles. The molecule has 5 rings (SSSR count). The molecule has 2 N–H and O–H groups in total. The van der Waals surface area contributed by atoms with Crippen LogP contribution in [0, 0.1) is 17.8 Å². The van der Waals surface area contributed by atoms with Gasteiger partial charge in [-0.3, -0.25) is 19.2 Å². The highest BCUT2D eigenvalue weighted by atomic mass is 79.9. The summed E-state index contributed by atoms with van der Waals surface area (Å²) in [5.74, 6) is -3.55. The molecule has 0 radical (unpaired) electrons. The Hall–Kier alpha value is -3.02. The Kier molecular flexibility index (Phi) is 10.7. The largest absolute Gasteiger partial charge is 0.463 e. The summed E-state index contributed by atoms with van der Waals surface area (Å²) in [5, 5.41) is 13.7. The molecule has 250 valence electrons. The van der Waals surface area contributed by atoms with E-state index < -0.39 is 53.5 Å². The summed E-state index contributed by atoms with van der Waals surface area (Å²) in [7, 11) is 0. The van der Waals surface area contributed by atoms with Crippen molar-refractivity contribution in [3.8, 4) is 0 Å². The molecular weight excluding hydrogens is 654 g/mol. The Bertz CT molecular complexity index is 1370. The fourth-order valence-corrected chi connectivity index (χ4v) is 8.29. The van der Waals surface area contributed by atoms with Crippen LogP contribution in [0.4, 0.5) is 0 Å². The molecule has 4 heterocycles.